The standard InChI is InChI=1S/C17H21Br2N.ClH/c1-9(2)7-12-16-15-11(19)6-5-10(18)14(15)13(20-12)8-17(16,3)4;/h5-6,12-13,16,20H,1,7-8H2,2-4H3;1H/p-1. The highest BCUT2D eigenvalue weighted by atomic mass is 79.9. The molecular formula is C17H21Br2ClN-. The van der Waals surface area contributed by atoms with E-state index < -0.39 is 0 Å². The molecule has 1 N–H and O–H groups in total. The van der Waals surface area contributed by atoms with E-state index in [0.29, 0.717) is 23.4 Å². The lowest BCUT2D eigenvalue weighted by Gasteiger charge is -2.55. The van der Waals surface area contributed by atoms with Crippen LogP contribution in [0.2, 0.25) is 0 Å². The average molecular weight is 435 g/mol. The molecular weight excluding hydrogens is 413 g/mol. The zero-order valence-corrected chi connectivity index (χ0v) is 16.6. The van der Waals surface area contributed by atoms with Gasteiger partial charge in [-0.05, 0) is 48.4 Å². The van der Waals surface area contributed by atoms with Gasteiger partial charge in [0.2, 0.25) is 0 Å². The van der Waals surface area contributed by atoms with Crippen molar-refractivity contribution in [3.63, 3.8) is 0 Å². The molecule has 4 heteroatoms. The Hall–Kier alpha value is 0.170. The van der Waals surface area contributed by atoms with Crippen LogP contribution in [0.15, 0.2) is 33.2 Å². The Morgan fingerprint density at radius 2 is 1.86 bits per heavy atom. The molecule has 3 unspecified atom stereocenters. The van der Waals surface area contributed by atoms with Gasteiger partial charge in [0.25, 0.3) is 0 Å². The second-order valence-electron chi connectivity index (χ2n) is 7.01. The lowest BCUT2D eigenvalue weighted by Crippen LogP contribution is -3.00. The molecule has 21 heavy (non-hydrogen) atoms. The number of hydrogen-bond acceptors (Lipinski definition) is 1. The van der Waals surface area contributed by atoms with E-state index in [9.17, 15) is 0 Å². The first-order valence-corrected chi connectivity index (χ1v) is 8.78. The van der Waals surface area contributed by atoms with Crippen LogP contribution in [0.3, 0.4) is 0 Å². The van der Waals surface area contributed by atoms with Gasteiger partial charge in [0.1, 0.15) is 0 Å². The lowest BCUT2D eigenvalue weighted by molar-refractivity contribution is -0.00000578. The number of hydrogen-bond donors (Lipinski definition) is 1. The molecule has 0 radical (unpaired) electrons. The van der Waals surface area contributed by atoms with Crippen LogP contribution in [0.25, 0.3) is 0 Å². The van der Waals surface area contributed by atoms with E-state index in [2.05, 4.69) is 76.7 Å². The number of rotatable bonds is 2. The van der Waals surface area contributed by atoms with Gasteiger partial charge >= 0.3 is 0 Å². The van der Waals surface area contributed by atoms with E-state index in [1.165, 1.54) is 32.1 Å². The van der Waals surface area contributed by atoms with Crippen LogP contribution in [0.4, 0.5) is 0 Å². The summed E-state index contributed by atoms with van der Waals surface area (Å²) >= 11 is 7.54. The molecule has 0 aromatic heterocycles. The number of nitrogens with one attached hydrogen (secondary N) is 1. The fraction of sp³-hybridized carbons (Fsp3) is 0.529. The summed E-state index contributed by atoms with van der Waals surface area (Å²) in [6.07, 6.45) is 2.26. The van der Waals surface area contributed by atoms with Crippen molar-refractivity contribution in [3.05, 3.63) is 44.4 Å². The summed E-state index contributed by atoms with van der Waals surface area (Å²) in [5, 5.41) is 3.85. The third kappa shape index (κ3) is 2.87. The Labute approximate surface area is 150 Å². The zero-order valence-electron chi connectivity index (χ0n) is 12.6. The van der Waals surface area contributed by atoms with Crippen LogP contribution in [0, 0.1) is 5.41 Å². The van der Waals surface area contributed by atoms with Crippen LogP contribution in [-0.2, 0) is 0 Å². The van der Waals surface area contributed by atoms with E-state index in [1.807, 2.05) is 0 Å². The predicted molar refractivity (Wildman–Crippen MR) is 92.1 cm³/mol. The van der Waals surface area contributed by atoms with Gasteiger partial charge < -0.3 is 17.7 Å². The van der Waals surface area contributed by atoms with Crippen molar-refractivity contribution in [2.45, 2.75) is 51.6 Å². The summed E-state index contributed by atoms with van der Waals surface area (Å²) in [5.41, 5.74) is 4.55. The quantitative estimate of drug-likeness (QED) is 0.706. The molecule has 1 aromatic rings. The van der Waals surface area contributed by atoms with Crippen molar-refractivity contribution >= 4 is 31.9 Å². The topological polar surface area (TPSA) is 12.0 Å². The highest BCUT2D eigenvalue weighted by Crippen LogP contribution is 2.58. The third-order valence-corrected chi connectivity index (χ3v) is 6.18. The van der Waals surface area contributed by atoms with E-state index in [-0.39, 0.29) is 12.4 Å². The fourth-order valence-corrected chi connectivity index (χ4v) is 5.41. The highest BCUT2D eigenvalue weighted by molar-refractivity contribution is 9.11. The Balaban J connectivity index is 0.00000161. The molecule has 1 fully saturated rings. The first kappa shape index (κ1) is 17.5. The predicted octanol–water partition coefficient (Wildman–Crippen LogP) is 2.71. The minimum absolute atomic E-state index is 0. The number of halogens is 3. The molecule has 1 aromatic carbocycles. The summed E-state index contributed by atoms with van der Waals surface area (Å²) in [7, 11) is 0. The van der Waals surface area contributed by atoms with Crippen LogP contribution in [0.5, 0.6) is 0 Å². The molecule has 2 heterocycles. The smallest absolute Gasteiger partial charge is 0.0342 e. The van der Waals surface area contributed by atoms with Gasteiger partial charge in [-0.15, -0.1) is 6.58 Å². The van der Waals surface area contributed by atoms with E-state index in [0.717, 1.165) is 6.42 Å². The van der Waals surface area contributed by atoms with Crippen molar-refractivity contribution in [2.75, 3.05) is 0 Å². The number of piperidine rings is 1. The molecule has 2 aliphatic heterocycles. The van der Waals surface area contributed by atoms with E-state index >= 15 is 0 Å². The normalized spacial score (nSPS) is 28.7. The summed E-state index contributed by atoms with van der Waals surface area (Å²) in [6.45, 7) is 11.1. The Morgan fingerprint density at radius 3 is 2.43 bits per heavy atom. The third-order valence-electron chi connectivity index (χ3n) is 4.80. The molecule has 0 amide bonds. The average Bonchev–Trinajstić information content (AvgIpc) is 2.31. The van der Waals surface area contributed by atoms with Crippen LogP contribution in [0.1, 0.15) is 56.7 Å². The fourth-order valence-electron chi connectivity index (χ4n) is 4.19. The van der Waals surface area contributed by atoms with Crippen molar-refractivity contribution in [2.24, 2.45) is 5.41 Å². The monoisotopic (exact) mass is 432 g/mol. The molecule has 0 saturated carbocycles. The van der Waals surface area contributed by atoms with Gasteiger partial charge in [-0.3, -0.25) is 0 Å². The van der Waals surface area contributed by atoms with Crippen molar-refractivity contribution in [1.29, 1.82) is 0 Å². The molecule has 3 aliphatic rings. The largest absolute Gasteiger partial charge is 1.00 e. The van der Waals surface area contributed by atoms with Crippen LogP contribution >= 0.6 is 31.9 Å². The minimum atomic E-state index is 0. The second-order valence-corrected chi connectivity index (χ2v) is 8.72. The second kappa shape index (κ2) is 5.99. The van der Waals surface area contributed by atoms with E-state index in [4.69, 9.17) is 0 Å². The van der Waals surface area contributed by atoms with Gasteiger partial charge in [0.05, 0.1) is 0 Å². The van der Waals surface area contributed by atoms with Crippen LogP contribution in [-0.4, -0.2) is 6.04 Å². The summed E-state index contributed by atoms with van der Waals surface area (Å²) in [4.78, 5) is 0. The molecule has 0 spiro atoms. The maximum absolute atomic E-state index is 4.12. The van der Waals surface area contributed by atoms with E-state index in [1.54, 1.807) is 0 Å². The van der Waals surface area contributed by atoms with Crippen LogP contribution < -0.4 is 17.7 Å². The molecule has 3 atom stereocenters. The molecule has 2 bridgehead atoms. The number of fused-ring (bicyclic) bond motifs is 2. The summed E-state index contributed by atoms with van der Waals surface area (Å²) < 4.78 is 2.49. The van der Waals surface area contributed by atoms with Gasteiger partial charge in [-0.25, -0.2) is 0 Å². The Bertz CT molecular complexity index is 582. The van der Waals surface area contributed by atoms with Gasteiger partial charge in [0, 0.05) is 26.9 Å². The first-order valence-electron chi connectivity index (χ1n) is 7.19. The summed E-state index contributed by atoms with van der Waals surface area (Å²) in [5.74, 6) is 0.533. The van der Waals surface area contributed by atoms with Crippen molar-refractivity contribution in [3.8, 4) is 0 Å². The zero-order chi connectivity index (χ0) is 14.7. The molecule has 4 rings (SSSR count). The molecule has 116 valence electrons. The van der Waals surface area contributed by atoms with Gasteiger partial charge in [-0.2, -0.15) is 0 Å². The molecule has 1 saturated heterocycles. The minimum Gasteiger partial charge on any atom is -1.00 e. The SMILES string of the molecule is C=C(C)CC1NC2CC(C)(C)C1c1c(Br)ccc(Br)c12.[Cl-]. The first-order chi connectivity index (χ1) is 9.31. The number of benzene rings is 1. The molecule has 1 nitrogen and oxygen atoms in total. The van der Waals surface area contributed by atoms with Crippen molar-refractivity contribution < 1.29 is 12.4 Å². The Kier molecular flexibility index (Phi) is 5.00. The Morgan fingerprint density at radius 1 is 1.29 bits per heavy atom. The van der Waals surface area contributed by atoms with Gasteiger partial charge in [0.15, 0.2) is 0 Å². The summed E-state index contributed by atoms with van der Waals surface area (Å²) in [6, 6.07) is 5.28. The maximum Gasteiger partial charge on any atom is 0.0342 e. The van der Waals surface area contributed by atoms with Gasteiger partial charge in [-0.1, -0.05) is 51.3 Å². The highest BCUT2D eigenvalue weighted by Gasteiger charge is 2.50. The maximum atomic E-state index is 4.12. The molecule has 1 aliphatic carbocycles. The lowest BCUT2D eigenvalue weighted by atomic mass is 9.58. The van der Waals surface area contributed by atoms with Crippen molar-refractivity contribution in [1.82, 2.24) is 5.32 Å².